The normalized spacial score (nSPS) is 13.6. The Hall–Kier alpha value is -9.50. The molecular weight excluding hydrogens is 917 g/mol. The molecule has 0 saturated carbocycles. The lowest BCUT2D eigenvalue weighted by Gasteiger charge is -2.34. The van der Waals surface area contributed by atoms with Crippen LogP contribution in [0.15, 0.2) is 279 Å². The first-order valence-corrected chi connectivity index (χ1v) is 26.6. The first-order chi connectivity index (χ1) is 37.4. The molecule has 2 aliphatic rings. The van der Waals surface area contributed by atoms with Crippen molar-refractivity contribution in [2.24, 2.45) is 0 Å². The number of fused-ring (bicyclic) bond motifs is 10. The summed E-state index contributed by atoms with van der Waals surface area (Å²) in [5.74, 6) is 0. The molecule has 2 aliphatic carbocycles. The van der Waals surface area contributed by atoms with Gasteiger partial charge in [-0.1, -0.05) is 226 Å². The van der Waals surface area contributed by atoms with E-state index in [1.165, 1.54) is 111 Å². The zero-order chi connectivity index (χ0) is 50.5. The molecule has 1 aromatic heterocycles. The van der Waals surface area contributed by atoms with Crippen LogP contribution in [0.2, 0.25) is 0 Å². The molecule has 12 aromatic carbocycles. The SMILES string of the molecule is CC1(C)c2ccccc2-c2cc(N(c3ccc(-c4ccccc4)cc3)c3ccc(-c4ccc5c(c4)c4cc(C6(c7ccccc7)c7ccccc7-c7ccccc76)ccc4n5-c4cccc5ccccc45)cc3)ccc21. The van der Waals surface area contributed by atoms with E-state index in [9.17, 15) is 0 Å². The number of hydrogen-bond donors (Lipinski definition) is 0. The Morgan fingerprint density at radius 2 is 0.789 bits per heavy atom. The summed E-state index contributed by atoms with van der Waals surface area (Å²) in [6, 6.07) is 104. The highest BCUT2D eigenvalue weighted by molar-refractivity contribution is 6.12. The van der Waals surface area contributed by atoms with Gasteiger partial charge in [0.25, 0.3) is 0 Å². The summed E-state index contributed by atoms with van der Waals surface area (Å²) in [7, 11) is 0. The third-order valence-electron chi connectivity index (χ3n) is 16.9. The minimum Gasteiger partial charge on any atom is -0.310 e. The number of rotatable bonds is 8. The highest BCUT2D eigenvalue weighted by Gasteiger charge is 2.46. The average Bonchev–Trinajstić information content (AvgIpc) is 4.13. The first-order valence-electron chi connectivity index (χ1n) is 26.6. The maximum atomic E-state index is 2.51. The topological polar surface area (TPSA) is 8.17 Å². The van der Waals surface area contributed by atoms with Crippen molar-refractivity contribution in [3.8, 4) is 50.2 Å². The number of hydrogen-bond acceptors (Lipinski definition) is 1. The Morgan fingerprint density at radius 1 is 0.303 bits per heavy atom. The molecule has 0 N–H and O–H groups in total. The summed E-state index contributed by atoms with van der Waals surface area (Å²) in [6.07, 6.45) is 0. The van der Waals surface area contributed by atoms with Gasteiger partial charge in [-0.05, 0) is 150 Å². The van der Waals surface area contributed by atoms with Crippen LogP contribution in [0.5, 0.6) is 0 Å². The van der Waals surface area contributed by atoms with Gasteiger partial charge in [-0.15, -0.1) is 0 Å². The third-order valence-corrected chi connectivity index (χ3v) is 16.9. The number of anilines is 3. The van der Waals surface area contributed by atoms with E-state index in [2.05, 4.69) is 302 Å². The van der Waals surface area contributed by atoms with E-state index in [0.717, 1.165) is 22.6 Å². The van der Waals surface area contributed by atoms with Crippen LogP contribution in [0.25, 0.3) is 82.8 Å². The van der Waals surface area contributed by atoms with Gasteiger partial charge in [-0.2, -0.15) is 0 Å². The molecule has 0 spiro atoms. The van der Waals surface area contributed by atoms with Crippen LogP contribution < -0.4 is 4.90 Å². The molecule has 1 heterocycles. The van der Waals surface area contributed by atoms with Crippen molar-refractivity contribution in [2.75, 3.05) is 4.90 Å². The zero-order valence-corrected chi connectivity index (χ0v) is 42.5. The fraction of sp³-hybridized carbons (Fsp3) is 0.0541. The van der Waals surface area contributed by atoms with Crippen LogP contribution >= 0.6 is 0 Å². The van der Waals surface area contributed by atoms with E-state index >= 15 is 0 Å². The van der Waals surface area contributed by atoms with Gasteiger partial charge in [-0.3, -0.25) is 0 Å². The molecule has 358 valence electrons. The molecule has 76 heavy (non-hydrogen) atoms. The second-order valence-corrected chi connectivity index (χ2v) is 21.2. The predicted octanol–water partition coefficient (Wildman–Crippen LogP) is 19.4. The van der Waals surface area contributed by atoms with E-state index in [4.69, 9.17) is 0 Å². The molecule has 13 aromatic rings. The smallest absolute Gasteiger partial charge is 0.0713 e. The zero-order valence-electron chi connectivity index (χ0n) is 42.5. The van der Waals surface area contributed by atoms with E-state index in [0.29, 0.717) is 0 Å². The Balaban J connectivity index is 0.905. The van der Waals surface area contributed by atoms with E-state index in [1.54, 1.807) is 0 Å². The van der Waals surface area contributed by atoms with Crippen LogP contribution in [-0.2, 0) is 10.8 Å². The maximum Gasteiger partial charge on any atom is 0.0713 e. The molecular formula is C74H52N2. The lowest BCUT2D eigenvalue weighted by Crippen LogP contribution is -2.28. The second kappa shape index (κ2) is 17.0. The highest BCUT2D eigenvalue weighted by atomic mass is 15.1. The summed E-state index contributed by atoms with van der Waals surface area (Å²) >= 11 is 0. The van der Waals surface area contributed by atoms with E-state index < -0.39 is 5.41 Å². The minimum atomic E-state index is -0.518. The molecule has 2 nitrogen and oxygen atoms in total. The van der Waals surface area contributed by atoms with Crippen molar-refractivity contribution < 1.29 is 0 Å². The second-order valence-electron chi connectivity index (χ2n) is 21.2. The number of aromatic nitrogens is 1. The van der Waals surface area contributed by atoms with Crippen LogP contribution in [0, 0.1) is 0 Å². The quantitative estimate of drug-likeness (QED) is 0.147. The Morgan fingerprint density at radius 3 is 1.47 bits per heavy atom. The molecule has 0 radical (unpaired) electrons. The molecule has 15 rings (SSSR count). The van der Waals surface area contributed by atoms with Crippen molar-refractivity contribution in [3.05, 3.63) is 312 Å². The minimum absolute atomic E-state index is 0.0746. The first kappa shape index (κ1) is 44.0. The molecule has 0 bridgehead atoms. The summed E-state index contributed by atoms with van der Waals surface area (Å²) < 4.78 is 2.49. The largest absolute Gasteiger partial charge is 0.310 e. The Kier molecular flexibility index (Phi) is 9.86. The Labute approximate surface area is 444 Å². The molecule has 0 fully saturated rings. The van der Waals surface area contributed by atoms with Crippen molar-refractivity contribution in [1.29, 1.82) is 0 Å². The molecule has 0 amide bonds. The predicted molar refractivity (Wildman–Crippen MR) is 319 cm³/mol. The van der Waals surface area contributed by atoms with Crippen LogP contribution in [-0.4, -0.2) is 4.57 Å². The van der Waals surface area contributed by atoms with Gasteiger partial charge in [0.05, 0.1) is 22.1 Å². The molecule has 0 unspecified atom stereocenters. The lowest BCUT2D eigenvalue weighted by atomic mass is 9.67. The monoisotopic (exact) mass is 968 g/mol. The fourth-order valence-electron chi connectivity index (χ4n) is 13.3. The number of benzene rings is 12. The summed E-state index contributed by atoms with van der Waals surface area (Å²) in [4.78, 5) is 2.41. The average molecular weight is 969 g/mol. The van der Waals surface area contributed by atoms with Crippen LogP contribution in [0.3, 0.4) is 0 Å². The van der Waals surface area contributed by atoms with Gasteiger partial charge in [-0.25, -0.2) is 0 Å². The lowest BCUT2D eigenvalue weighted by molar-refractivity contribution is 0.660. The Bertz CT molecular complexity index is 4360. The van der Waals surface area contributed by atoms with Gasteiger partial charge in [0.2, 0.25) is 0 Å². The van der Waals surface area contributed by atoms with Gasteiger partial charge < -0.3 is 9.47 Å². The van der Waals surface area contributed by atoms with Gasteiger partial charge in [0.15, 0.2) is 0 Å². The standard InChI is InChI=1S/C74H52N2/c1-73(2)66-28-14-11-27-62(66)63-48-58(42-43-67(63)73)75(56-38-32-50(33-39-56)49-18-5-3-6-19-49)57-40-34-51(35-41-57)53-36-44-71-64(46-53)65-47-55(37-45-72(65)76(71)70-31-17-21-52-20-9-10-24-59(52)70)74(54-22-7-4-8-23-54)68-29-15-12-25-60(68)61-26-13-16-30-69(61)74/h3-48H,1-2H3. The van der Waals surface area contributed by atoms with Gasteiger partial charge in [0.1, 0.15) is 0 Å². The molecule has 0 atom stereocenters. The van der Waals surface area contributed by atoms with Gasteiger partial charge in [0, 0.05) is 38.6 Å². The third kappa shape index (κ3) is 6.53. The summed E-state index contributed by atoms with van der Waals surface area (Å²) in [6.45, 7) is 4.70. The van der Waals surface area contributed by atoms with Crippen LogP contribution in [0.4, 0.5) is 17.1 Å². The summed E-state index contributed by atoms with van der Waals surface area (Å²) in [5.41, 5.74) is 24.1. The van der Waals surface area contributed by atoms with Gasteiger partial charge >= 0.3 is 0 Å². The molecule has 0 aliphatic heterocycles. The van der Waals surface area contributed by atoms with E-state index in [1.807, 2.05) is 0 Å². The molecule has 0 saturated heterocycles. The van der Waals surface area contributed by atoms with Crippen molar-refractivity contribution in [1.82, 2.24) is 4.57 Å². The fourth-order valence-corrected chi connectivity index (χ4v) is 13.3. The number of nitrogens with zero attached hydrogens (tertiary/aromatic N) is 2. The summed E-state index contributed by atoms with van der Waals surface area (Å²) in [5, 5.41) is 4.89. The maximum absolute atomic E-state index is 2.51. The van der Waals surface area contributed by atoms with E-state index in [-0.39, 0.29) is 5.41 Å². The van der Waals surface area contributed by atoms with Crippen molar-refractivity contribution >= 4 is 49.6 Å². The molecule has 2 heteroatoms. The van der Waals surface area contributed by atoms with Crippen LogP contribution in [0.1, 0.15) is 47.2 Å². The van der Waals surface area contributed by atoms with Crippen molar-refractivity contribution in [3.63, 3.8) is 0 Å². The van der Waals surface area contributed by atoms with Crippen molar-refractivity contribution in [2.45, 2.75) is 24.7 Å². The highest BCUT2D eigenvalue weighted by Crippen LogP contribution is 2.57.